The number of nitrogens with one attached hydrogen (secondary N) is 1. The molecule has 5 heteroatoms. The molecule has 110 valence electrons. The summed E-state index contributed by atoms with van der Waals surface area (Å²) in [6.07, 6.45) is 6.52. The number of rotatable bonds is 8. The Labute approximate surface area is 114 Å². The summed E-state index contributed by atoms with van der Waals surface area (Å²) >= 11 is 0. The second-order valence-corrected chi connectivity index (χ2v) is 5.54. The average molecular weight is 270 g/mol. The highest BCUT2D eigenvalue weighted by Crippen LogP contribution is 2.27. The highest BCUT2D eigenvalue weighted by atomic mass is 16.4. The summed E-state index contributed by atoms with van der Waals surface area (Å²) in [5.74, 6) is 0.423. The minimum absolute atomic E-state index is 0.0419. The fourth-order valence-electron chi connectivity index (χ4n) is 2.71. The van der Waals surface area contributed by atoms with E-state index in [2.05, 4.69) is 5.32 Å². The Hall–Kier alpha value is -1.10. The molecular formula is C14H26N2O3. The summed E-state index contributed by atoms with van der Waals surface area (Å²) in [7, 11) is 0. The second-order valence-electron chi connectivity index (χ2n) is 5.54. The molecule has 0 aliphatic heterocycles. The monoisotopic (exact) mass is 270 g/mol. The van der Waals surface area contributed by atoms with Gasteiger partial charge in [0.1, 0.15) is 0 Å². The third-order valence-corrected chi connectivity index (χ3v) is 3.86. The first-order chi connectivity index (χ1) is 9.11. The quantitative estimate of drug-likeness (QED) is 0.583. The zero-order valence-electron chi connectivity index (χ0n) is 11.6. The van der Waals surface area contributed by atoms with Crippen LogP contribution >= 0.6 is 0 Å². The Morgan fingerprint density at radius 1 is 1.16 bits per heavy atom. The van der Waals surface area contributed by atoms with Gasteiger partial charge in [-0.2, -0.15) is 0 Å². The number of carbonyl (C=O) groups is 2. The van der Waals surface area contributed by atoms with Crippen LogP contribution in [0.5, 0.6) is 0 Å². The first-order valence-electron chi connectivity index (χ1n) is 7.30. The van der Waals surface area contributed by atoms with Crippen molar-refractivity contribution in [2.45, 2.75) is 51.4 Å². The van der Waals surface area contributed by atoms with E-state index in [1.54, 1.807) is 0 Å². The zero-order chi connectivity index (χ0) is 14.1. The summed E-state index contributed by atoms with van der Waals surface area (Å²) in [5, 5.41) is 11.4. The highest BCUT2D eigenvalue weighted by molar-refractivity contribution is 5.75. The molecule has 0 aromatic carbocycles. The van der Waals surface area contributed by atoms with Crippen LogP contribution in [0.25, 0.3) is 0 Å². The van der Waals surface area contributed by atoms with E-state index >= 15 is 0 Å². The number of hydrogen-bond donors (Lipinski definition) is 3. The van der Waals surface area contributed by atoms with Gasteiger partial charge in [-0.25, -0.2) is 0 Å². The molecule has 0 heterocycles. The molecule has 19 heavy (non-hydrogen) atoms. The van der Waals surface area contributed by atoms with E-state index in [4.69, 9.17) is 10.8 Å². The van der Waals surface area contributed by atoms with Gasteiger partial charge in [-0.1, -0.05) is 6.42 Å². The van der Waals surface area contributed by atoms with Crippen LogP contribution in [0.1, 0.15) is 51.4 Å². The zero-order valence-corrected chi connectivity index (χ0v) is 11.6. The largest absolute Gasteiger partial charge is 0.481 e. The Morgan fingerprint density at radius 2 is 1.84 bits per heavy atom. The first-order valence-corrected chi connectivity index (χ1v) is 7.30. The van der Waals surface area contributed by atoms with Crippen LogP contribution in [-0.4, -0.2) is 30.1 Å². The maximum absolute atomic E-state index is 11.6. The van der Waals surface area contributed by atoms with Gasteiger partial charge in [0, 0.05) is 19.4 Å². The van der Waals surface area contributed by atoms with Crippen LogP contribution < -0.4 is 11.1 Å². The van der Waals surface area contributed by atoms with Crippen molar-refractivity contribution in [2.75, 3.05) is 13.1 Å². The van der Waals surface area contributed by atoms with Gasteiger partial charge in [-0.3, -0.25) is 9.59 Å². The van der Waals surface area contributed by atoms with Crippen LogP contribution in [0.15, 0.2) is 0 Å². The molecule has 0 radical (unpaired) electrons. The van der Waals surface area contributed by atoms with Gasteiger partial charge >= 0.3 is 5.97 Å². The number of carboxylic acid groups (broad SMARTS) is 1. The second kappa shape index (κ2) is 8.91. The Bertz CT molecular complexity index is 294. The number of amides is 1. The van der Waals surface area contributed by atoms with Crippen LogP contribution in [0.3, 0.4) is 0 Å². The molecule has 0 spiro atoms. The molecule has 1 amide bonds. The van der Waals surface area contributed by atoms with Crippen LogP contribution in [0.4, 0.5) is 0 Å². The van der Waals surface area contributed by atoms with Crippen molar-refractivity contribution in [3.05, 3.63) is 0 Å². The molecule has 1 aliphatic rings. The number of carboxylic acids is 1. The van der Waals surface area contributed by atoms with Crippen molar-refractivity contribution < 1.29 is 14.7 Å². The third-order valence-electron chi connectivity index (χ3n) is 3.86. The molecule has 1 aliphatic carbocycles. The van der Waals surface area contributed by atoms with Gasteiger partial charge in [0.2, 0.25) is 5.91 Å². The molecule has 0 saturated heterocycles. The number of aliphatic carboxylic acids is 1. The van der Waals surface area contributed by atoms with Crippen molar-refractivity contribution >= 4 is 11.9 Å². The average Bonchev–Trinajstić information content (AvgIpc) is 2.41. The maximum atomic E-state index is 11.6. The van der Waals surface area contributed by atoms with Crippen LogP contribution in [0, 0.1) is 11.8 Å². The molecule has 2 atom stereocenters. The number of carbonyl (C=O) groups excluding carboxylic acids is 1. The van der Waals surface area contributed by atoms with Crippen LogP contribution in [-0.2, 0) is 9.59 Å². The molecule has 5 nitrogen and oxygen atoms in total. The first kappa shape index (κ1) is 16.0. The lowest BCUT2D eigenvalue weighted by molar-refractivity contribution is -0.137. The smallest absolute Gasteiger partial charge is 0.303 e. The van der Waals surface area contributed by atoms with E-state index in [1.807, 2.05) is 0 Å². The van der Waals surface area contributed by atoms with Gasteiger partial charge in [0.25, 0.3) is 0 Å². The van der Waals surface area contributed by atoms with E-state index in [1.165, 1.54) is 19.3 Å². The van der Waals surface area contributed by atoms with Crippen LogP contribution in [0.2, 0.25) is 0 Å². The Morgan fingerprint density at radius 3 is 2.53 bits per heavy atom. The summed E-state index contributed by atoms with van der Waals surface area (Å²) in [4.78, 5) is 21.9. The molecule has 1 rings (SSSR count). The van der Waals surface area contributed by atoms with Crippen molar-refractivity contribution in [1.82, 2.24) is 5.32 Å². The normalized spacial score (nSPS) is 23.0. The lowest BCUT2D eigenvalue weighted by Crippen LogP contribution is -2.33. The van der Waals surface area contributed by atoms with Crippen molar-refractivity contribution in [3.63, 3.8) is 0 Å². The van der Waals surface area contributed by atoms with E-state index < -0.39 is 5.97 Å². The molecule has 2 unspecified atom stereocenters. The van der Waals surface area contributed by atoms with Gasteiger partial charge in [-0.15, -0.1) is 0 Å². The lowest BCUT2D eigenvalue weighted by atomic mass is 9.81. The minimum Gasteiger partial charge on any atom is -0.481 e. The standard InChI is InChI=1S/C14H26N2O3/c15-9-11-4-3-5-12(8-11)10-16-13(17)6-1-2-7-14(18)19/h11-12H,1-10,15H2,(H,16,17)(H,18,19). The Balaban J connectivity index is 2.07. The topological polar surface area (TPSA) is 92.4 Å². The van der Waals surface area contributed by atoms with Gasteiger partial charge in [0.15, 0.2) is 0 Å². The van der Waals surface area contributed by atoms with Gasteiger partial charge < -0.3 is 16.2 Å². The predicted octanol–water partition coefficient (Wildman–Crippen LogP) is 1.51. The number of hydrogen-bond acceptors (Lipinski definition) is 3. The van der Waals surface area contributed by atoms with E-state index in [-0.39, 0.29) is 12.3 Å². The summed E-state index contributed by atoms with van der Waals surface area (Å²) in [6, 6.07) is 0. The molecule has 1 fully saturated rings. The number of nitrogens with two attached hydrogens (primary N) is 1. The molecule has 1 saturated carbocycles. The molecule has 4 N–H and O–H groups in total. The minimum atomic E-state index is -0.796. The van der Waals surface area contributed by atoms with E-state index in [0.717, 1.165) is 19.5 Å². The maximum Gasteiger partial charge on any atom is 0.303 e. The SMILES string of the molecule is NCC1CCCC(CNC(=O)CCCCC(=O)O)C1. The fraction of sp³-hybridized carbons (Fsp3) is 0.857. The fourth-order valence-corrected chi connectivity index (χ4v) is 2.71. The van der Waals surface area contributed by atoms with Crippen molar-refractivity contribution in [2.24, 2.45) is 17.6 Å². The highest BCUT2D eigenvalue weighted by Gasteiger charge is 2.21. The molecule has 0 aromatic rings. The lowest BCUT2D eigenvalue weighted by Gasteiger charge is -2.28. The summed E-state index contributed by atoms with van der Waals surface area (Å²) < 4.78 is 0. The molecule has 0 bridgehead atoms. The summed E-state index contributed by atoms with van der Waals surface area (Å²) in [5.41, 5.74) is 5.69. The van der Waals surface area contributed by atoms with Crippen molar-refractivity contribution in [3.8, 4) is 0 Å². The predicted molar refractivity (Wildman–Crippen MR) is 73.6 cm³/mol. The summed E-state index contributed by atoms with van der Waals surface area (Å²) in [6.45, 7) is 1.49. The van der Waals surface area contributed by atoms with E-state index in [9.17, 15) is 9.59 Å². The number of unbranched alkanes of at least 4 members (excludes halogenated alkanes) is 1. The van der Waals surface area contributed by atoms with Gasteiger partial charge in [-0.05, 0) is 50.5 Å². The third kappa shape index (κ3) is 7.15. The van der Waals surface area contributed by atoms with Crippen molar-refractivity contribution in [1.29, 1.82) is 0 Å². The molecule has 0 aromatic heterocycles. The Kier molecular flexibility index (Phi) is 7.48. The van der Waals surface area contributed by atoms with E-state index in [0.29, 0.717) is 31.1 Å². The molecular weight excluding hydrogens is 244 g/mol. The van der Waals surface area contributed by atoms with Gasteiger partial charge in [0.05, 0.1) is 0 Å².